The number of nitrogens with one attached hydrogen (secondary N) is 2. The molecule has 0 radical (unpaired) electrons. The number of benzene rings is 2. The molecule has 2 heterocycles. The molecule has 1 fully saturated rings. The van der Waals surface area contributed by atoms with E-state index >= 15 is 0 Å². The van der Waals surface area contributed by atoms with E-state index in [2.05, 4.69) is 25.3 Å². The first-order valence-electron chi connectivity index (χ1n) is 11.2. The van der Waals surface area contributed by atoms with Gasteiger partial charge in [0.2, 0.25) is 5.91 Å². The fraction of sp³-hybridized carbons (Fsp3) is 0.280. The third kappa shape index (κ3) is 11.8. The van der Waals surface area contributed by atoms with Gasteiger partial charge in [-0.15, -0.1) is 13.2 Å². The van der Waals surface area contributed by atoms with Crippen LogP contribution < -0.4 is 15.4 Å². The molecule has 1 aliphatic heterocycles. The summed E-state index contributed by atoms with van der Waals surface area (Å²) in [6, 6.07) is 10.7. The lowest BCUT2D eigenvalue weighted by Gasteiger charge is -2.12. The number of hydrogen-bond acceptors (Lipinski definition) is 6. The van der Waals surface area contributed by atoms with Gasteiger partial charge in [0, 0.05) is 6.99 Å². The van der Waals surface area contributed by atoms with Crippen molar-refractivity contribution in [2.45, 2.75) is 38.7 Å². The monoisotopic (exact) mass is 562 g/mol. The van der Waals surface area contributed by atoms with Gasteiger partial charge in [0.25, 0.3) is 6.47 Å². The summed E-state index contributed by atoms with van der Waals surface area (Å²) in [5, 5.41) is 12.7. The molecule has 1 aromatic heterocycles. The van der Waals surface area contributed by atoms with Crippen LogP contribution in [0.2, 0.25) is 0 Å². The molecule has 1 saturated heterocycles. The molecule has 214 valence electrons. The zero-order valence-corrected chi connectivity index (χ0v) is 20.5. The van der Waals surface area contributed by atoms with Crippen molar-refractivity contribution in [3.05, 3.63) is 77.8 Å². The fourth-order valence-corrected chi connectivity index (χ4v) is 3.26. The number of carboxylic acid groups (broad SMARTS) is 1. The molecule has 14 heteroatoms. The highest BCUT2D eigenvalue weighted by atomic mass is 19.4. The third-order valence-corrected chi connectivity index (χ3v) is 5.01. The Morgan fingerprint density at radius 3 is 2.38 bits per heavy atom. The SMILES string of the molecule is Cc1ccc(F)cc1.F.O=C(NCc1cc(-c2ccc(OC(F)(F)F)c(F)c2)ncn1)[C@@H]1CCCN1.O=CO.[HH]. The largest absolute Gasteiger partial charge is 0.573 e. The van der Waals surface area contributed by atoms with Gasteiger partial charge in [0.1, 0.15) is 12.1 Å². The van der Waals surface area contributed by atoms with E-state index in [0.29, 0.717) is 11.4 Å². The highest BCUT2D eigenvalue weighted by Gasteiger charge is 2.32. The van der Waals surface area contributed by atoms with Crippen LogP contribution in [0.15, 0.2) is 54.9 Å². The molecule has 3 N–H and O–H groups in total. The van der Waals surface area contributed by atoms with Gasteiger partial charge in [0.15, 0.2) is 11.6 Å². The summed E-state index contributed by atoms with van der Waals surface area (Å²) >= 11 is 0. The van der Waals surface area contributed by atoms with Gasteiger partial charge in [-0.05, 0) is 62.7 Å². The van der Waals surface area contributed by atoms with Crippen molar-refractivity contribution in [3.8, 4) is 17.0 Å². The minimum absolute atomic E-state index is 0. The minimum Gasteiger partial charge on any atom is -0.483 e. The van der Waals surface area contributed by atoms with E-state index in [9.17, 15) is 26.7 Å². The van der Waals surface area contributed by atoms with Gasteiger partial charge in [-0.2, -0.15) is 0 Å². The van der Waals surface area contributed by atoms with Crippen molar-refractivity contribution in [1.29, 1.82) is 0 Å². The number of aryl methyl sites for hydroxylation is 1. The number of alkyl halides is 3. The lowest BCUT2D eigenvalue weighted by Crippen LogP contribution is -2.40. The van der Waals surface area contributed by atoms with E-state index in [1.165, 1.54) is 30.6 Å². The lowest BCUT2D eigenvalue weighted by molar-refractivity contribution is -0.275. The van der Waals surface area contributed by atoms with Crippen LogP contribution >= 0.6 is 0 Å². The first-order chi connectivity index (χ1) is 18.0. The van der Waals surface area contributed by atoms with Gasteiger partial charge in [0.05, 0.1) is 24.0 Å². The fourth-order valence-electron chi connectivity index (χ4n) is 3.26. The standard InChI is InChI=1S/C17H16F4N4O2.C7H7F.CH2O2.FH.H2/c18-12-6-10(3-4-15(12)27-17(19,20)21)14-7-11(24-9-25-14)8-23-16(26)13-2-1-5-22-13;1-6-2-4-7(8)5-3-6;2-1-3;;/h3-4,6-7,9,13,22H,1-2,5,8H2,(H,23,26);2-5H,1H3;1H,(H,2,3);2*1H/t13-;;;;/m0..../s1. The van der Waals surface area contributed by atoms with Crippen molar-refractivity contribution in [1.82, 2.24) is 20.6 Å². The predicted octanol–water partition coefficient (Wildman–Crippen LogP) is 4.78. The Bertz CT molecular complexity index is 1180. The summed E-state index contributed by atoms with van der Waals surface area (Å²) in [5.41, 5.74) is 2.15. The molecular weight excluding hydrogens is 534 g/mol. The number of rotatable bonds is 5. The van der Waals surface area contributed by atoms with E-state index in [1.54, 1.807) is 12.1 Å². The molecule has 3 aromatic rings. The molecule has 1 aliphatic rings. The second kappa shape index (κ2) is 15.9. The van der Waals surface area contributed by atoms with Crippen LogP contribution in [-0.2, 0) is 16.1 Å². The molecule has 0 spiro atoms. The second-order valence-electron chi connectivity index (χ2n) is 7.86. The van der Waals surface area contributed by atoms with Crippen molar-refractivity contribution >= 4 is 12.4 Å². The summed E-state index contributed by atoms with van der Waals surface area (Å²) in [4.78, 5) is 28.4. The van der Waals surface area contributed by atoms with Crippen molar-refractivity contribution < 1.29 is 47.5 Å². The summed E-state index contributed by atoms with van der Waals surface area (Å²) in [6.07, 6.45) is -2.03. The van der Waals surface area contributed by atoms with Crippen LogP contribution in [0.4, 0.5) is 26.7 Å². The molecule has 8 nitrogen and oxygen atoms in total. The summed E-state index contributed by atoms with van der Waals surface area (Å²) < 4.78 is 66.2. The Morgan fingerprint density at radius 2 is 1.85 bits per heavy atom. The normalized spacial score (nSPS) is 13.9. The number of nitrogens with zero attached hydrogens (tertiary/aromatic N) is 2. The second-order valence-corrected chi connectivity index (χ2v) is 7.86. The molecule has 1 amide bonds. The van der Waals surface area contributed by atoms with Crippen LogP contribution in [0.5, 0.6) is 5.75 Å². The lowest BCUT2D eigenvalue weighted by atomic mass is 10.1. The number of carbonyl (C=O) groups excluding carboxylic acids is 1. The molecule has 2 aromatic carbocycles. The minimum atomic E-state index is -4.98. The third-order valence-electron chi connectivity index (χ3n) is 5.01. The number of halogens is 6. The van der Waals surface area contributed by atoms with E-state index < -0.39 is 17.9 Å². The maximum absolute atomic E-state index is 13.9. The smallest absolute Gasteiger partial charge is 0.483 e. The van der Waals surface area contributed by atoms with Crippen LogP contribution in [0.1, 0.15) is 25.5 Å². The molecule has 39 heavy (non-hydrogen) atoms. The first kappa shape index (κ1) is 32.8. The average molecular weight is 563 g/mol. The van der Waals surface area contributed by atoms with Gasteiger partial charge in [-0.3, -0.25) is 14.3 Å². The first-order valence-corrected chi connectivity index (χ1v) is 11.2. The molecular formula is C25H28F6N4O4. The molecule has 0 saturated carbocycles. The van der Waals surface area contributed by atoms with Crippen molar-refractivity contribution in [3.63, 3.8) is 0 Å². The highest BCUT2D eigenvalue weighted by molar-refractivity contribution is 5.81. The Kier molecular flexibility index (Phi) is 13.4. The highest BCUT2D eigenvalue weighted by Crippen LogP contribution is 2.29. The summed E-state index contributed by atoms with van der Waals surface area (Å²) in [6.45, 7) is 2.64. The molecule has 0 bridgehead atoms. The number of carbonyl (C=O) groups is 2. The number of amides is 1. The van der Waals surface area contributed by atoms with Crippen molar-refractivity contribution in [2.24, 2.45) is 0 Å². The van der Waals surface area contributed by atoms with Crippen LogP contribution in [-0.4, -0.2) is 46.4 Å². The average Bonchev–Trinajstić information content (AvgIpc) is 3.41. The van der Waals surface area contributed by atoms with Gasteiger partial charge in [-0.25, -0.2) is 18.7 Å². The Balaban J connectivity index is 0.000000989. The van der Waals surface area contributed by atoms with E-state index in [0.717, 1.165) is 37.1 Å². The maximum Gasteiger partial charge on any atom is 0.573 e. The van der Waals surface area contributed by atoms with E-state index in [4.69, 9.17) is 9.90 Å². The molecule has 4 rings (SSSR count). The number of hydrogen-bond donors (Lipinski definition) is 3. The van der Waals surface area contributed by atoms with Crippen molar-refractivity contribution in [2.75, 3.05) is 6.54 Å². The van der Waals surface area contributed by atoms with Gasteiger partial charge in [-0.1, -0.05) is 17.7 Å². The predicted molar refractivity (Wildman–Crippen MR) is 131 cm³/mol. The number of aromatic nitrogens is 2. The quantitative estimate of drug-likeness (QED) is 0.303. The van der Waals surface area contributed by atoms with E-state index in [-0.39, 0.29) is 42.5 Å². The van der Waals surface area contributed by atoms with Gasteiger partial charge >= 0.3 is 6.36 Å². The Hall–Kier alpha value is -4.20. The van der Waals surface area contributed by atoms with Crippen LogP contribution in [0.25, 0.3) is 11.3 Å². The van der Waals surface area contributed by atoms with E-state index in [1.807, 2.05) is 6.92 Å². The Morgan fingerprint density at radius 1 is 1.18 bits per heavy atom. The molecule has 0 unspecified atom stereocenters. The zero-order chi connectivity index (χ0) is 28.1. The Labute approximate surface area is 221 Å². The topological polar surface area (TPSA) is 113 Å². The summed E-state index contributed by atoms with van der Waals surface area (Å²) in [5.74, 6) is -2.38. The zero-order valence-electron chi connectivity index (χ0n) is 20.5. The van der Waals surface area contributed by atoms with Gasteiger partial charge < -0.3 is 20.5 Å². The summed E-state index contributed by atoms with van der Waals surface area (Å²) in [7, 11) is 0. The maximum atomic E-state index is 13.9. The number of ether oxygens (including phenoxy) is 1. The molecule has 1 atom stereocenters. The van der Waals surface area contributed by atoms with Crippen LogP contribution in [0, 0.1) is 18.6 Å². The molecule has 0 aliphatic carbocycles. The van der Waals surface area contributed by atoms with Crippen LogP contribution in [0.3, 0.4) is 0 Å².